The molecule has 0 aromatic rings. The van der Waals surface area contributed by atoms with Gasteiger partial charge < -0.3 is 69.1 Å². The molecule has 1 rings (SSSR count). The van der Waals surface area contributed by atoms with Crippen molar-refractivity contribution >= 4 is 48.5 Å². The second kappa shape index (κ2) is 63.0. The fourth-order valence-electron chi connectivity index (χ4n) is 2.53. The van der Waals surface area contributed by atoms with Crippen molar-refractivity contribution in [2.75, 3.05) is 18.9 Å². The van der Waals surface area contributed by atoms with Crippen molar-refractivity contribution in [2.45, 2.75) is 120 Å². The molecule has 1 aliphatic carbocycles. The topological polar surface area (TPSA) is 218 Å². The Morgan fingerprint density at radius 1 is 1.04 bits per heavy atom. The van der Waals surface area contributed by atoms with E-state index in [1.807, 2.05) is 27.7 Å². The molecule has 0 heterocycles. The van der Waals surface area contributed by atoms with Gasteiger partial charge >= 0.3 is 58.2 Å². The molecular formula is C32H70N5O7RbS-4. The molecule has 1 fully saturated rings. The van der Waals surface area contributed by atoms with Gasteiger partial charge in [0, 0.05) is 13.0 Å². The summed E-state index contributed by atoms with van der Waals surface area (Å²) in [6.45, 7) is 18.5. The van der Waals surface area contributed by atoms with Crippen LogP contribution in [0.25, 0.3) is 6.15 Å². The van der Waals surface area contributed by atoms with Crippen LogP contribution in [0.2, 0.25) is 0 Å². The van der Waals surface area contributed by atoms with Crippen molar-refractivity contribution < 1.29 is 92.1 Å². The maximum absolute atomic E-state index is 11.5. The van der Waals surface area contributed by atoms with Gasteiger partial charge in [-0.1, -0.05) is 87.1 Å². The normalized spacial score (nSPS) is 11.3. The van der Waals surface area contributed by atoms with E-state index in [2.05, 4.69) is 36.1 Å². The van der Waals surface area contributed by atoms with Crippen LogP contribution in [0.15, 0.2) is 0 Å². The number of aldehydes is 1. The van der Waals surface area contributed by atoms with Gasteiger partial charge in [0.25, 0.3) is 0 Å². The molecule has 0 aromatic carbocycles. The van der Waals surface area contributed by atoms with Crippen molar-refractivity contribution in [1.82, 2.24) is 16.0 Å². The largest absolute Gasteiger partial charge is 1.00 e. The second-order valence-electron chi connectivity index (χ2n) is 8.70. The molecule has 0 aromatic heterocycles. The average molecular weight is 754 g/mol. The minimum atomic E-state index is -0.592. The maximum Gasteiger partial charge on any atom is 1.00 e. The number of nitrogens with two attached hydrogens (primary N) is 2. The third-order valence-electron chi connectivity index (χ3n) is 4.76. The van der Waals surface area contributed by atoms with E-state index >= 15 is 0 Å². The molecule has 0 radical (unpaired) electrons. The van der Waals surface area contributed by atoms with Crippen molar-refractivity contribution in [3.8, 4) is 0 Å². The first-order chi connectivity index (χ1) is 19.8. The number of nitrogens with one attached hydrogen (secondary N) is 3. The van der Waals surface area contributed by atoms with Crippen LogP contribution in [0.4, 0.5) is 0 Å². The standard InChI is InChI=1S/C10H17N2O3.C7H14.C4H8N2O2.C3H7S.C2H6O.C2H4O.C2H6.2CH3.H2N.Rb/c1-4-8(14)12-9(7(2)3)10(15)11-5-6-13;1-7-5-3-2-4-6-7;1-3(4(5)8)6-2-7;1-3-4-2;2*1-2-3;1-2;;;;/h7,9H,4-5H2,1-3H3,(H,11,15)(H,12,14);7H,2-6H2,1H3;2-3H,1H3,(H2,5,8)(H,6,7);2-3H2,1H3;3H,2H2,1H3;2H,1H3;1-2H3;2*1H3;1H2;/q-1;;;-1;;;;3*-1;+1. The van der Waals surface area contributed by atoms with Gasteiger partial charge in [-0.05, 0) is 38.4 Å². The Balaban J connectivity index is -0.0000000451. The summed E-state index contributed by atoms with van der Waals surface area (Å²) in [5.41, 5.74) is 4.76. The van der Waals surface area contributed by atoms with Crippen molar-refractivity contribution in [1.29, 1.82) is 0 Å². The van der Waals surface area contributed by atoms with E-state index in [0.29, 0.717) is 12.8 Å². The summed E-state index contributed by atoms with van der Waals surface area (Å²) in [4.78, 5) is 61.1. The number of primary amides is 1. The van der Waals surface area contributed by atoms with Crippen LogP contribution in [0, 0.1) is 32.9 Å². The molecule has 8 N–H and O–H groups in total. The van der Waals surface area contributed by atoms with Gasteiger partial charge in [-0.2, -0.15) is 0 Å². The summed E-state index contributed by atoms with van der Waals surface area (Å²) in [6.07, 6.45) is 14.0. The number of carbonyl (C=O) groups is 5. The number of hydrogen-bond donors (Lipinski definition) is 5. The van der Waals surface area contributed by atoms with Gasteiger partial charge in [-0.3, -0.25) is 25.4 Å². The van der Waals surface area contributed by atoms with Crippen LogP contribution in [0.1, 0.15) is 108 Å². The van der Waals surface area contributed by atoms with E-state index in [-0.39, 0.29) is 110 Å². The number of rotatable bonds is 10. The number of amides is 4. The number of aliphatic hydroxyl groups excluding tert-OH is 1. The predicted molar refractivity (Wildman–Crippen MR) is 193 cm³/mol. The quantitative estimate of drug-likeness (QED) is 0.164. The summed E-state index contributed by atoms with van der Waals surface area (Å²) >= 11 is 1.61. The Labute approximate surface area is 336 Å². The minimum Gasteiger partial charge on any atom is -0.693 e. The zero-order valence-electron chi connectivity index (χ0n) is 31.5. The van der Waals surface area contributed by atoms with Crippen LogP contribution in [-0.4, -0.2) is 72.8 Å². The van der Waals surface area contributed by atoms with E-state index < -0.39 is 18.0 Å². The number of thioether (sulfide) groups is 1. The average Bonchev–Trinajstić information content (AvgIpc) is 2.97. The molecular weight excluding hydrogens is 684 g/mol. The van der Waals surface area contributed by atoms with Gasteiger partial charge in [-0.25, -0.2) is 6.29 Å². The monoisotopic (exact) mass is 753 g/mol. The van der Waals surface area contributed by atoms with Crippen LogP contribution in [0.5, 0.6) is 0 Å². The molecule has 4 amide bonds. The first-order valence-electron chi connectivity index (χ1n) is 14.6. The summed E-state index contributed by atoms with van der Waals surface area (Å²) < 4.78 is 0. The van der Waals surface area contributed by atoms with Crippen LogP contribution >= 0.6 is 11.8 Å². The van der Waals surface area contributed by atoms with E-state index in [4.69, 9.17) is 15.6 Å². The number of carbonyl (C=O) groups excluding carboxylic acids is 6. The summed E-state index contributed by atoms with van der Waals surface area (Å²) in [7, 11) is 0. The Morgan fingerprint density at radius 3 is 1.63 bits per heavy atom. The smallest absolute Gasteiger partial charge is 0.693 e. The van der Waals surface area contributed by atoms with Gasteiger partial charge in [-0.15, -0.1) is 0 Å². The molecule has 1 saturated carbocycles. The molecule has 1 aliphatic rings. The first kappa shape index (κ1) is 71.3. The predicted octanol–water partition coefficient (Wildman–Crippen LogP) is 2.34. The van der Waals surface area contributed by atoms with E-state index in [9.17, 15) is 24.0 Å². The van der Waals surface area contributed by atoms with Crippen molar-refractivity contribution in [2.24, 2.45) is 17.6 Å². The summed E-state index contributed by atoms with van der Waals surface area (Å²) in [6, 6.07) is -1.15. The molecule has 14 heteroatoms. The molecule has 12 nitrogen and oxygen atoms in total. The fourth-order valence-corrected chi connectivity index (χ4v) is 2.53. The number of hydrogen-bond acceptors (Lipinski definition) is 8. The van der Waals surface area contributed by atoms with Crippen LogP contribution in [-0.2, 0) is 28.8 Å². The van der Waals surface area contributed by atoms with Crippen molar-refractivity contribution in [3.63, 3.8) is 0 Å². The Hall–Kier alpha value is -0.705. The van der Waals surface area contributed by atoms with Crippen molar-refractivity contribution in [3.05, 3.63) is 27.3 Å². The Morgan fingerprint density at radius 2 is 1.43 bits per heavy atom. The molecule has 46 heavy (non-hydrogen) atoms. The van der Waals surface area contributed by atoms with Gasteiger partial charge in [0.15, 0.2) is 0 Å². The molecule has 0 saturated heterocycles. The Bertz CT molecular complexity index is 628. The van der Waals surface area contributed by atoms with E-state index in [1.54, 1.807) is 31.9 Å². The maximum atomic E-state index is 11.5. The SMILES string of the molecule is CC.CC(NC=O)C(N)=O.CC1CCCCC1.CC=O.CCC(=O)NC(C(=O)NC[C-]=O)C(C)C.CCO.[CH2-]SCC.[CH3-].[CH3-].[NH2-].[Rb+]. The zero-order chi connectivity index (χ0) is 34.4. The zero-order valence-corrected chi connectivity index (χ0v) is 37.2. The first-order valence-corrected chi connectivity index (χ1v) is 15.8. The van der Waals surface area contributed by atoms with Gasteiger partial charge in [0.1, 0.15) is 18.4 Å². The summed E-state index contributed by atoms with van der Waals surface area (Å²) in [5.74, 6) is 1.08. The third-order valence-corrected chi connectivity index (χ3v) is 5.17. The molecule has 276 valence electrons. The molecule has 2 unspecified atom stereocenters. The molecule has 0 spiro atoms. The molecule has 0 aliphatic heterocycles. The van der Waals surface area contributed by atoms with E-state index in [1.165, 1.54) is 46.0 Å². The summed E-state index contributed by atoms with van der Waals surface area (Å²) in [5, 5.41) is 14.7. The molecule has 0 bridgehead atoms. The third kappa shape index (κ3) is 69.9. The fraction of sp³-hybridized carbons (Fsp3) is 0.719. The van der Waals surface area contributed by atoms with Gasteiger partial charge in [0.2, 0.25) is 24.1 Å². The minimum absolute atomic E-state index is 0. The Kier molecular flexibility index (Phi) is 97.7. The number of aliphatic hydroxyl groups is 1. The van der Waals surface area contributed by atoms with Crippen LogP contribution in [0.3, 0.4) is 0 Å². The van der Waals surface area contributed by atoms with Gasteiger partial charge in [0.05, 0.1) is 0 Å². The van der Waals surface area contributed by atoms with E-state index in [0.717, 1.165) is 18.0 Å². The van der Waals surface area contributed by atoms with Crippen LogP contribution < -0.4 is 79.9 Å². The second-order valence-corrected chi connectivity index (χ2v) is 9.69. The molecule has 2 atom stereocenters.